The quantitative estimate of drug-likeness (QED) is 0.0430. The van der Waals surface area contributed by atoms with Gasteiger partial charge in [0, 0.05) is 101 Å². The van der Waals surface area contributed by atoms with Crippen molar-refractivity contribution in [3.63, 3.8) is 0 Å². The Morgan fingerprint density at radius 2 is 1.49 bits per heavy atom. The Kier molecular flexibility index (Phi) is 30.5. The molecule has 7 heterocycles. The number of rotatable bonds is 18. The van der Waals surface area contributed by atoms with Crippen LogP contribution in [0.4, 0.5) is 4.39 Å². The van der Waals surface area contributed by atoms with Gasteiger partial charge >= 0.3 is 5.97 Å². The summed E-state index contributed by atoms with van der Waals surface area (Å²) in [6, 6.07) is 14.1. The Bertz CT molecular complexity index is 4610. The summed E-state index contributed by atoms with van der Waals surface area (Å²) in [7, 11) is 1.50. The van der Waals surface area contributed by atoms with E-state index in [-0.39, 0.29) is 148 Å². The minimum atomic E-state index is -1.81. The monoisotopic (exact) mass is 1620 g/mol. The lowest BCUT2D eigenvalue weighted by Crippen LogP contribution is -2.64. The Morgan fingerprint density at radius 3 is 2.28 bits per heavy atom. The van der Waals surface area contributed by atoms with E-state index in [0.717, 1.165) is 22.3 Å². The van der Waals surface area contributed by atoms with Gasteiger partial charge in [0.15, 0.2) is 0 Å². The van der Waals surface area contributed by atoms with Crippen molar-refractivity contribution in [2.24, 2.45) is 0 Å². The maximum Gasteiger partial charge on any atom is 0.303 e. The number of nitrogens with zero attached hydrogens (tertiary/aromatic N) is 6. The van der Waals surface area contributed by atoms with E-state index < -0.39 is 139 Å². The Hall–Kier alpha value is -11.5. The van der Waals surface area contributed by atoms with E-state index in [1.165, 1.54) is 36.0 Å². The number of carbonyl (C=O) groups excluding carboxylic acids is 11. The fraction of sp³-hybridized carbons (Fsp3) is 0.494. The van der Waals surface area contributed by atoms with E-state index in [1.807, 2.05) is 36.4 Å². The van der Waals surface area contributed by atoms with Crippen LogP contribution in [0.25, 0.3) is 10.9 Å². The van der Waals surface area contributed by atoms with Crippen molar-refractivity contribution < 1.29 is 91.1 Å². The molecule has 33 nitrogen and oxygen atoms in total. The van der Waals surface area contributed by atoms with Crippen molar-refractivity contribution in [3.05, 3.63) is 160 Å². The largest absolute Gasteiger partial charge is 0.497 e. The second-order valence-electron chi connectivity index (χ2n) is 30.4. The number of aliphatic hydroxyl groups excluding tert-OH is 1. The van der Waals surface area contributed by atoms with Crippen LogP contribution in [0, 0.1) is 5.82 Å². The highest BCUT2D eigenvalue weighted by Crippen LogP contribution is 2.33. The average molecular weight is 1620 g/mol. The summed E-state index contributed by atoms with van der Waals surface area (Å²) < 4.78 is 42.4. The molecule has 5 aliphatic rings. The molecule has 34 heteroatoms. The van der Waals surface area contributed by atoms with Gasteiger partial charge in [0.1, 0.15) is 65.7 Å². The van der Waals surface area contributed by atoms with E-state index >= 15 is 33.2 Å². The summed E-state index contributed by atoms with van der Waals surface area (Å²) in [5.74, 6) is -8.86. The van der Waals surface area contributed by atoms with Crippen molar-refractivity contribution in [3.8, 4) is 5.75 Å². The molecule has 2 saturated heterocycles. The first-order chi connectivity index (χ1) is 56.4. The zero-order valence-corrected chi connectivity index (χ0v) is 66.0. The number of carboxylic acids is 1. The number of hydrogen-bond donors (Lipinski definition) is 11. The van der Waals surface area contributed by atoms with E-state index in [4.69, 9.17) is 24.1 Å². The van der Waals surface area contributed by atoms with Crippen LogP contribution in [0.1, 0.15) is 129 Å². The van der Waals surface area contributed by atoms with Gasteiger partial charge in [-0.1, -0.05) is 78.4 Å². The standard InChI is InChI=1S/C83H104FN15O18/c1-51(100)74-78(109)92-64(40-53-20-24-61(114-3)25-21-53)81(112)99-32-11-29-83(99,2)82(113)86-30-27-54-19-22-56-44-87-70(102)15-5-4-6-16-71(103)89-66(45-88-72(104)50-116-37-36-115-35-31-85-69(101)17-10-18-73(105)106)77(108)90-63-41-55-14-9-13-52(38-55)12-7-8-34-117-68-28-33-98(75(68)79(110)93-74)80(111)65(91-76(63)107)42-58-46-96(67-26-23-59(84)43-62(58)67)48-60-49-97(95-94-60)47-57(56)39-54/h7-9,13-14,19-26,38-39,43,46,49,51,63-66,68,74-75,100H,4-6,10-12,15-18,27-37,40-42,44-45,47-48,50H2,1-3H3,(H,85,101)(H,86,113)(H,87,102)(H,88,104)(H,89,103)(H,90,108)(H,91,107)(H,92,109)(H,93,110)(H,105,106)/b8-7+/t51-,63+,64+,65+,66-,68+,74+,75+,83+/m1/s1. The van der Waals surface area contributed by atoms with Gasteiger partial charge in [-0.25, -0.2) is 9.07 Å². The van der Waals surface area contributed by atoms with Gasteiger partial charge in [0.25, 0.3) is 0 Å². The maximum atomic E-state index is 16.3. The predicted octanol–water partition coefficient (Wildman–Crippen LogP) is 1.56. The Morgan fingerprint density at radius 1 is 0.701 bits per heavy atom. The summed E-state index contributed by atoms with van der Waals surface area (Å²) in [4.78, 5) is 175. The number of benzene rings is 4. The number of allylic oxidation sites excluding steroid dienone is 1. The van der Waals surface area contributed by atoms with Crippen LogP contribution in [0.15, 0.2) is 109 Å². The highest BCUT2D eigenvalue weighted by Gasteiger charge is 2.50. The average Bonchev–Trinajstić information content (AvgIpc) is 1.62. The third-order valence-electron chi connectivity index (χ3n) is 21.6. The van der Waals surface area contributed by atoms with Crippen molar-refractivity contribution in [1.29, 1.82) is 0 Å². The molecule has 6 aromatic rings. The molecule has 11 N–H and O–H groups in total. The van der Waals surface area contributed by atoms with Gasteiger partial charge < -0.3 is 91.4 Å². The van der Waals surface area contributed by atoms with E-state index in [1.54, 1.807) is 77.1 Å². The predicted molar refractivity (Wildman–Crippen MR) is 421 cm³/mol. The second kappa shape index (κ2) is 41.4. The molecule has 4 aromatic carbocycles. The lowest BCUT2D eigenvalue weighted by molar-refractivity contribution is -0.147. The lowest BCUT2D eigenvalue weighted by atomic mass is 9.95. The Labute approximate surface area is 676 Å². The number of aliphatic carboxylic acids is 1. The van der Waals surface area contributed by atoms with Crippen LogP contribution >= 0.6 is 0 Å². The zero-order valence-electron chi connectivity index (χ0n) is 66.0. The van der Waals surface area contributed by atoms with E-state index in [0.29, 0.717) is 71.1 Å². The summed E-state index contributed by atoms with van der Waals surface area (Å²) >= 11 is 0. The maximum absolute atomic E-state index is 16.3. The number of ether oxygens (including phenoxy) is 4. The third-order valence-corrected chi connectivity index (χ3v) is 21.6. The van der Waals surface area contributed by atoms with Crippen LogP contribution in [0.2, 0.25) is 0 Å². The SMILES string of the molecule is COc1ccc(C[C@@H]2NC(=O)[C@H]([C@@H](C)O)NC(=O)[C@@H]3[C@@H]4CCN3C(=O)[C@@H]3Cc5cn(c6ccc(F)cc56)Cc5cn(nn5)Cc5cc(ccc5CNC(=O)CCCCCC(=O)N[C@H](CNC(=O)COCCOCCNC(=O)CCCC(=O)O)C(=O)N[C@@H](Cc5cccc(c5)C/C=C/CO4)C(=O)N3)CCNC(=O)[C@]3(C)CCCN3C2=O)cc1. The number of carboxylic acid groups (broad SMARTS) is 1. The third kappa shape index (κ3) is 23.9. The van der Waals surface area contributed by atoms with Crippen LogP contribution in [0.3, 0.4) is 0 Å². The number of nitrogens with one attached hydrogen (secondary N) is 9. The topological polar surface area (TPSA) is 433 Å². The molecule has 11 amide bonds. The van der Waals surface area contributed by atoms with Crippen molar-refractivity contribution >= 4 is 81.9 Å². The van der Waals surface area contributed by atoms with Gasteiger partial charge in [-0.2, -0.15) is 0 Å². The minimum absolute atomic E-state index is 0.0149. The molecule has 0 unspecified atom stereocenters. The minimum Gasteiger partial charge on any atom is -0.497 e. The van der Waals surface area contributed by atoms with Crippen molar-refractivity contribution in [1.82, 2.24) is 77.2 Å². The highest BCUT2D eigenvalue weighted by atomic mass is 19.1. The summed E-state index contributed by atoms with van der Waals surface area (Å²) in [5.41, 5.74) is 4.01. The number of amides is 11. The molecule has 0 aliphatic carbocycles. The first-order valence-corrected chi connectivity index (χ1v) is 39.9. The molecule has 2 fully saturated rings. The first-order valence-electron chi connectivity index (χ1n) is 39.9. The van der Waals surface area contributed by atoms with Crippen LogP contribution in [-0.2, 0) is 123 Å². The first kappa shape index (κ1) is 86.4. The summed E-state index contributed by atoms with van der Waals surface area (Å²) in [5, 5.41) is 55.4. The zero-order chi connectivity index (χ0) is 83.1. The van der Waals surface area contributed by atoms with Gasteiger partial charge in [0.2, 0.25) is 65.0 Å². The van der Waals surface area contributed by atoms with Crippen molar-refractivity contribution in [2.45, 2.75) is 190 Å². The van der Waals surface area contributed by atoms with Crippen LogP contribution < -0.4 is 52.6 Å². The molecule has 5 aliphatic heterocycles. The normalized spacial score (nSPS) is 23.2. The summed E-state index contributed by atoms with van der Waals surface area (Å²) in [6.07, 6.45) is 5.89. The van der Waals surface area contributed by atoms with Crippen LogP contribution in [-0.4, -0.2) is 237 Å². The van der Waals surface area contributed by atoms with Gasteiger partial charge in [-0.05, 0) is 134 Å². The fourth-order valence-electron chi connectivity index (χ4n) is 15.3. The van der Waals surface area contributed by atoms with Gasteiger partial charge in [0.05, 0.1) is 65.0 Å². The molecule has 2 aromatic heterocycles. The molecule has 11 rings (SSSR count). The molecule has 0 saturated carbocycles. The van der Waals surface area contributed by atoms with E-state index in [2.05, 4.69) is 58.2 Å². The number of carbonyl (C=O) groups is 12. The smallest absolute Gasteiger partial charge is 0.303 e. The molecular weight excluding hydrogens is 1510 g/mol. The molecular formula is C83H104FN15O18. The number of fused-ring (bicyclic) bond motifs is 7. The molecule has 0 radical (unpaired) electrons. The molecule has 13 bridgehead atoms. The number of aliphatic hydroxyl groups is 1. The van der Waals surface area contributed by atoms with Gasteiger partial charge in [-0.3, -0.25) is 57.5 Å². The molecule has 9 atom stereocenters. The second-order valence-corrected chi connectivity index (χ2v) is 30.4. The van der Waals surface area contributed by atoms with Gasteiger partial charge in [-0.15, -0.1) is 5.10 Å². The summed E-state index contributed by atoms with van der Waals surface area (Å²) in [6.45, 7) is 2.35. The van der Waals surface area contributed by atoms with E-state index in [9.17, 15) is 33.9 Å². The number of methoxy groups -OCH3 is 1. The number of aromatic nitrogens is 4. The molecule has 626 valence electrons. The van der Waals surface area contributed by atoms with Crippen LogP contribution in [0.5, 0.6) is 5.75 Å². The lowest BCUT2D eigenvalue weighted by Gasteiger charge is -2.37. The number of hydrogen-bond acceptors (Lipinski definition) is 19. The Balaban J connectivity index is 0.974. The molecule has 0 spiro atoms. The highest BCUT2D eigenvalue weighted by molar-refractivity contribution is 6.00. The molecule has 117 heavy (non-hydrogen) atoms. The fourth-order valence-corrected chi connectivity index (χ4v) is 15.3. The number of halogens is 1. The van der Waals surface area contributed by atoms with Crippen molar-refractivity contribution in [2.75, 3.05) is 72.9 Å².